The van der Waals surface area contributed by atoms with E-state index < -0.39 is 10.0 Å². The Labute approximate surface area is 166 Å². The Morgan fingerprint density at radius 2 is 1.82 bits per heavy atom. The number of sulfonamides is 1. The molecule has 0 bridgehead atoms. The van der Waals surface area contributed by atoms with Gasteiger partial charge >= 0.3 is 0 Å². The first kappa shape index (κ1) is 20.5. The van der Waals surface area contributed by atoms with E-state index in [1.807, 2.05) is 13.0 Å². The number of carbonyl (C=O) groups is 1. The van der Waals surface area contributed by atoms with Gasteiger partial charge in [-0.3, -0.25) is 9.69 Å². The summed E-state index contributed by atoms with van der Waals surface area (Å²) in [5.74, 6) is 0.494. The fraction of sp³-hybridized carbons (Fsp3) is 0.381. The van der Waals surface area contributed by atoms with Crippen LogP contribution in [0.15, 0.2) is 59.5 Å². The van der Waals surface area contributed by atoms with Gasteiger partial charge in [-0.15, -0.1) is 0 Å². The number of nitrogens with one attached hydrogen (secondary N) is 1. The SMILES string of the molecule is C[C@H](C(=O)Nc1cccc(S(N)(=O)=O)c1)N1CCC(Cc2ccccc2)CC1. The number of hydrogen-bond donors (Lipinski definition) is 2. The molecule has 1 fully saturated rings. The summed E-state index contributed by atoms with van der Waals surface area (Å²) in [6.45, 7) is 3.64. The van der Waals surface area contributed by atoms with Crippen molar-refractivity contribution in [1.82, 2.24) is 4.90 Å². The van der Waals surface area contributed by atoms with Crippen LogP contribution in [0.1, 0.15) is 25.3 Å². The Hall–Kier alpha value is -2.22. The van der Waals surface area contributed by atoms with Gasteiger partial charge in [0.1, 0.15) is 0 Å². The van der Waals surface area contributed by atoms with E-state index in [1.54, 1.807) is 12.1 Å². The summed E-state index contributed by atoms with van der Waals surface area (Å²) in [7, 11) is -3.80. The summed E-state index contributed by atoms with van der Waals surface area (Å²) >= 11 is 0. The second kappa shape index (κ2) is 8.86. The highest BCUT2D eigenvalue weighted by Crippen LogP contribution is 2.23. The van der Waals surface area contributed by atoms with Crippen molar-refractivity contribution in [2.24, 2.45) is 11.1 Å². The third kappa shape index (κ3) is 5.41. The molecular formula is C21H27N3O3S. The van der Waals surface area contributed by atoms with E-state index in [2.05, 4.69) is 34.5 Å². The van der Waals surface area contributed by atoms with Crippen molar-refractivity contribution >= 4 is 21.6 Å². The highest BCUT2D eigenvalue weighted by molar-refractivity contribution is 7.89. The molecule has 150 valence electrons. The Balaban J connectivity index is 1.53. The standard InChI is InChI=1S/C21H27N3O3S/c1-16(21(25)23-19-8-5-9-20(15-19)28(22,26)27)24-12-10-18(11-13-24)14-17-6-3-2-4-7-17/h2-9,15-16,18H,10-14H2,1H3,(H,23,25)(H2,22,26,27)/t16-/m1/s1. The number of nitrogens with two attached hydrogens (primary N) is 1. The summed E-state index contributed by atoms with van der Waals surface area (Å²) in [6, 6.07) is 16.2. The first-order valence-corrected chi connectivity index (χ1v) is 11.1. The molecule has 2 aromatic carbocycles. The van der Waals surface area contributed by atoms with Crippen LogP contribution in [-0.4, -0.2) is 38.4 Å². The van der Waals surface area contributed by atoms with Gasteiger partial charge in [0, 0.05) is 5.69 Å². The van der Waals surface area contributed by atoms with Crippen molar-refractivity contribution in [2.75, 3.05) is 18.4 Å². The van der Waals surface area contributed by atoms with Gasteiger partial charge in [-0.1, -0.05) is 36.4 Å². The van der Waals surface area contributed by atoms with Gasteiger partial charge in [0.05, 0.1) is 10.9 Å². The van der Waals surface area contributed by atoms with Gasteiger partial charge in [-0.25, -0.2) is 13.6 Å². The molecule has 3 N–H and O–H groups in total. The third-order valence-electron chi connectivity index (χ3n) is 5.37. The van der Waals surface area contributed by atoms with Crippen molar-refractivity contribution in [3.05, 3.63) is 60.2 Å². The minimum Gasteiger partial charge on any atom is -0.325 e. The van der Waals surface area contributed by atoms with Crippen LogP contribution in [0.2, 0.25) is 0 Å². The molecule has 2 aromatic rings. The number of nitrogens with zero attached hydrogens (tertiary/aromatic N) is 1. The zero-order chi connectivity index (χ0) is 20.1. The second-order valence-corrected chi connectivity index (χ2v) is 8.97. The van der Waals surface area contributed by atoms with Gasteiger partial charge in [0.15, 0.2) is 0 Å². The highest BCUT2D eigenvalue weighted by atomic mass is 32.2. The number of piperidine rings is 1. The van der Waals surface area contributed by atoms with Gasteiger partial charge in [-0.05, 0) is 69.0 Å². The van der Waals surface area contributed by atoms with Crippen LogP contribution in [-0.2, 0) is 21.2 Å². The molecule has 1 amide bonds. The van der Waals surface area contributed by atoms with Crippen LogP contribution in [0.5, 0.6) is 0 Å². The van der Waals surface area contributed by atoms with E-state index in [4.69, 9.17) is 5.14 Å². The first-order chi connectivity index (χ1) is 13.3. The molecule has 0 aliphatic carbocycles. The fourth-order valence-corrected chi connectivity index (χ4v) is 4.21. The lowest BCUT2D eigenvalue weighted by Crippen LogP contribution is -2.46. The molecule has 1 aliphatic heterocycles. The van der Waals surface area contributed by atoms with E-state index in [1.165, 1.54) is 17.7 Å². The number of rotatable bonds is 6. The number of carbonyl (C=O) groups excluding carboxylic acids is 1. The van der Waals surface area contributed by atoms with E-state index in [-0.39, 0.29) is 16.8 Å². The zero-order valence-electron chi connectivity index (χ0n) is 16.0. The lowest BCUT2D eigenvalue weighted by Gasteiger charge is -2.35. The highest BCUT2D eigenvalue weighted by Gasteiger charge is 2.26. The van der Waals surface area contributed by atoms with Crippen molar-refractivity contribution in [2.45, 2.75) is 37.1 Å². The van der Waals surface area contributed by atoms with E-state index in [0.29, 0.717) is 11.6 Å². The summed E-state index contributed by atoms with van der Waals surface area (Å²) < 4.78 is 22.9. The molecule has 0 unspecified atom stereocenters. The van der Waals surface area contributed by atoms with Gasteiger partial charge < -0.3 is 5.32 Å². The fourth-order valence-electron chi connectivity index (χ4n) is 3.66. The molecule has 7 heteroatoms. The molecule has 1 atom stereocenters. The average molecular weight is 402 g/mol. The number of amides is 1. The second-order valence-electron chi connectivity index (χ2n) is 7.41. The normalized spacial score (nSPS) is 17.2. The molecule has 28 heavy (non-hydrogen) atoms. The molecule has 0 radical (unpaired) electrons. The van der Waals surface area contributed by atoms with Crippen LogP contribution < -0.4 is 10.5 Å². The largest absolute Gasteiger partial charge is 0.325 e. The number of likely N-dealkylation sites (tertiary alicyclic amines) is 1. The summed E-state index contributed by atoms with van der Waals surface area (Å²) in [5.41, 5.74) is 1.80. The average Bonchev–Trinajstić information content (AvgIpc) is 2.68. The maximum atomic E-state index is 12.6. The number of benzene rings is 2. The smallest absolute Gasteiger partial charge is 0.241 e. The molecule has 1 saturated heterocycles. The third-order valence-corrected chi connectivity index (χ3v) is 6.28. The van der Waals surface area contributed by atoms with E-state index in [9.17, 15) is 13.2 Å². The van der Waals surface area contributed by atoms with Gasteiger partial charge in [0.25, 0.3) is 0 Å². The lowest BCUT2D eigenvalue weighted by molar-refractivity contribution is -0.121. The summed E-state index contributed by atoms with van der Waals surface area (Å²) in [4.78, 5) is 14.8. The van der Waals surface area contributed by atoms with E-state index >= 15 is 0 Å². The van der Waals surface area contributed by atoms with Crippen LogP contribution in [0, 0.1) is 5.92 Å². The predicted octanol–water partition coefficient (Wildman–Crippen LogP) is 2.62. The van der Waals surface area contributed by atoms with Crippen molar-refractivity contribution in [3.8, 4) is 0 Å². The quantitative estimate of drug-likeness (QED) is 0.778. The van der Waals surface area contributed by atoms with Crippen LogP contribution >= 0.6 is 0 Å². The lowest BCUT2D eigenvalue weighted by atomic mass is 9.89. The molecule has 1 aliphatic rings. The van der Waals surface area contributed by atoms with Crippen LogP contribution in [0.3, 0.4) is 0 Å². The van der Waals surface area contributed by atoms with Crippen LogP contribution in [0.25, 0.3) is 0 Å². The summed E-state index contributed by atoms with van der Waals surface area (Å²) in [6.07, 6.45) is 3.20. The minimum atomic E-state index is -3.80. The Bertz CT molecular complexity index is 908. The Morgan fingerprint density at radius 1 is 1.14 bits per heavy atom. The maximum absolute atomic E-state index is 12.6. The predicted molar refractivity (Wildman–Crippen MR) is 110 cm³/mol. The first-order valence-electron chi connectivity index (χ1n) is 9.54. The molecule has 0 spiro atoms. The monoisotopic (exact) mass is 401 g/mol. The number of hydrogen-bond acceptors (Lipinski definition) is 4. The topological polar surface area (TPSA) is 92.5 Å². The molecule has 3 rings (SSSR count). The van der Waals surface area contributed by atoms with Crippen LogP contribution in [0.4, 0.5) is 5.69 Å². The Morgan fingerprint density at radius 3 is 2.46 bits per heavy atom. The molecular weight excluding hydrogens is 374 g/mol. The zero-order valence-corrected chi connectivity index (χ0v) is 16.9. The molecule has 6 nitrogen and oxygen atoms in total. The maximum Gasteiger partial charge on any atom is 0.241 e. The minimum absolute atomic E-state index is 0.0142. The molecule has 0 aromatic heterocycles. The summed E-state index contributed by atoms with van der Waals surface area (Å²) in [5, 5.41) is 7.95. The van der Waals surface area contributed by atoms with E-state index in [0.717, 1.165) is 32.4 Å². The molecule has 1 heterocycles. The van der Waals surface area contributed by atoms with Crippen molar-refractivity contribution < 1.29 is 13.2 Å². The van der Waals surface area contributed by atoms with Crippen molar-refractivity contribution in [1.29, 1.82) is 0 Å². The Kier molecular flexibility index (Phi) is 6.49. The number of primary sulfonamides is 1. The van der Waals surface area contributed by atoms with Crippen molar-refractivity contribution in [3.63, 3.8) is 0 Å². The molecule has 0 saturated carbocycles. The van der Waals surface area contributed by atoms with Gasteiger partial charge in [-0.2, -0.15) is 0 Å². The number of anilines is 1. The van der Waals surface area contributed by atoms with Gasteiger partial charge in [0.2, 0.25) is 15.9 Å².